The zero-order valence-electron chi connectivity index (χ0n) is 13.4. The molecule has 1 heterocycles. The summed E-state index contributed by atoms with van der Waals surface area (Å²) in [6, 6.07) is 0. The topological polar surface area (TPSA) is 61.6 Å². The van der Waals surface area contributed by atoms with Crippen LogP contribution in [0.15, 0.2) is 0 Å². The first kappa shape index (κ1) is 16.1. The van der Waals surface area contributed by atoms with E-state index in [1.54, 1.807) is 19.0 Å². The molecule has 0 atom stereocenters. The maximum Gasteiger partial charge on any atom is 0.265 e. The molecular weight excluding hydrogens is 284 g/mol. The summed E-state index contributed by atoms with van der Waals surface area (Å²) in [7, 11) is 7.68. The van der Waals surface area contributed by atoms with Gasteiger partial charge in [-0.25, -0.2) is 0 Å². The second kappa shape index (κ2) is 6.66. The largest absolute Gasteiger partial charge is 0.397 e. The summed E-state index contributed by atoms with van der Waals surface area (Å²) in [6.45, 7) is 1.96. The first-order valence-electron chi connectivity index (χ1n) is 7.44. The van der Waals surface area contributed by atoms with Crippen LogP contribution >= 0.6 is 11.3 Å². The smallest absolute Gasteiger partial charge is 0.265 e. The number of carbonyl (C=O) groups excluding carboxylic acids is 1. The Balaban J connectivity index is 2.12. The third-order valence-corrected chi connectivity index (χ3v) is 4.80. The van der Waals surface area contributed by atoms with E-state index in [1.165, 1.54) is 29.7 Å². The molecule has 0 saturated heterocycles. The third-order valence-electron chi connectivity index (χ3n) is 3.64. The van der Waals surface area contributed by atoms with Gasteiger partial charge >= 0.3 is 0 Å². The van der Waals surface area contributed by atoms with E-state index in [-0.39, 0.29) is 5.91 Å². The van der Waals surface area contributed by atoms with Crippen molar-refractivity contribution >= 4 is 27.9 Å². The van der Waals surface area contributed by atoms with Gasteiger partial charge in [-0.1, -0.05) is 0 Å². The average molecular weight is 310 g/mol. The van der Waals surface area contributed by atoms with E-state index in [2.05, 4.69) is 24.3 Å². The minimum Gasteiger partial charge on any atom is -0.397 e. The number of carbonyl (C=O) groups is 1. The molecule has 1 aliphatic rings. The lowest BCUT2D eigenvalue weighted by Crippen LogP contribution is -2.21. The van der Waals surface area contributed by atoms with Gasteiger partial charge in [0.25, 0.3) is 5.91 Å². The molecule has 1 aliphatic carbocycles. The Bertz CT molecular complexity index is 506. The highest BCUT2D eigenvalue weighted by Crippen LogP contribution is 2.50. The minimum atomic E-state index is 0.000687. The summed E-state index contributed by atoms with van der Waals surface area (Å²) >= 11 is 1.51. The number of nitrogens with one attached hydrogen (secondary N) is 1. The van der Waals surface area contributed by atoms with E-state index in [4.69, 9.17) is 5.73 Å². The molecule has 6 heteroatoms. The molecule has 0 aromatic carbocycles. The molecule has 0 radical (unpaired) electrons. The lowest BCUT2D eigenvalue weighted by molar-refractivity contribution is 0.0833. The number of hydrogen-bond acceptors (Lipinski definition) is 5. The van der Waals surface area contributed by atoms with Crippen LogP contribution in [0.2, 0.25) is 0 Å². The fraction of sp³-hybridized carbons (Fsp3) is 0.667. The molecule has 21 heavy (non-hydrogen) atoms. The van der Waals surface area contributed by atoms with E-state index >= 15 is 0 Å². The fourth-order valence-electron chi connectivity index (χ4n) is 2.32. The minimum absolute atomic E-state index is 0.000687. The van der Waals surface area contributed by atoms with Crippen LogP contribution in [0.3, 0.4) is 0 Å². The predicted octanol–water partition coefficient (Wildman–Crippen LogP) is 2.27. The molecule has 1 amide bonds. The summed E-state index contributed by atoms with van der Waals surface area (Å²) in [5, 5.41) is 4.58. The van der Waals surface area contributed by atoms with Gasteiger partial charge in [-0.05, 0) is 45.8 Å². The van der Waals surface area contributed by atoms with Gasteiger partial charge in [0.2, 0.25) is 0 Å². The van der Waals surface area contributed by atoms with E-state index in [9.17, 15) is 4.79 Å². The standard InChI is InChI=1S/C15H26N4OS/c1-18(2)9-5-8-17-14-11(10-6-7-10)12(16)13(21-14)15(20)19(3)4/h10,17H,5-9,16H2,1-4H3. The molecule has 1 aromatic rings. The summed E-state index contributed by atoms with van der Waals surface area (Å²) in [5.74, 6) is 0.544. The number of thiophene rings is 1. The van der Waals surface area contributed by atoms with Crippen molar-refractivity contribution < 1.29 is 4.79 Å². The Morgan fingerprint density at radius 3 is 2.52 bits per heavy atom. The Morgan fingerprint density at radius 1 is 1.33 bits per heavy atom. The van der Waals surface area contributed by atoms with Gasteiger partial charge in [0.15, 0.2) is 0 Å². The Labute approximate surface area is 131 Å². The van der Waals surface area contributed by atoms with E-state index in [0.29, 0.717) is 16.5 Å². The predicted molar refractivity (Wildman–Crippen MR) is 90.4 cm³/mol. The van der Waals surface area contributed by atoms with Crippen LogP contribution in [-0.2, 0) is 0 Å². The SMILES string of the molecule is CN(C)CCCNc1sc(C(=O)N(C)C)c(N)c1C1CC1. The van der Waals surface area contributed by atoms with Gasteiger partial charge in [-0.3, -0.25) is 4.79 Å². The van der Waals surface area contributed by atoms with E-state index < -0.39 is 0 Å². The van der Waals surface area contributed by atoms with Gasteiger partial charge in [0.1, 0.15) is 4.88 Å². The first-order chi connectivity index (χ1) is 9.91. The van der Waals surface area contributed by atoms with Crippen molar-refractivity contribution in [2.45, 2.75) is 25.2 Å². The van der Waals surface area contributed by atoms with Crippen molar-refractivity contribution in [2.24, 2.45) is 0 Å². The molecular formula is C15H26N4OS. The maximum atomic E-state index is 12.2. The molecule has 3 N–H and O–H groups in total. The summed E-state index contributed by atoms with van der Waals surface area (Å²) in [6.07, 6.45) is 3.44. The molecule has 118 valence electrons. The summed E-state index contributed by atoms with van der Waals surface area (Å²) in [4.78, 5) is 16.7. The number of nitrogens with two attached hydrogens (primary N) is 1. The van der Waals surface area contributed by atoms with Crippen LogP contribution in [0.25, 0.3) is 0 Å². The Kier molecular flexibility index (Phi) is 5.11. The van der Waals surface area contributed by atoms with Crippen LogP contribution in [0.4, 0.5) is 10.7 Å². The van der Waals surface area contributed by atoms with Crippen LogP contribution < -0.4 is 11.1 Å². The highest BCUT2D eigenvalue weighted by atomic mass is 32.1. The molecule has 0 spiro atoms. The highest BCUT2D eigenvalue weighted by Gasteiger charge is 2.33. The Morgan fingerprint density at radius 2 is 2.00 bits per heavy atom. The van der Waals surface area contributed by atoms with Crippen molar-refractivity contribution in [1.82, 2.24) is 9.80 Å². The van der Waals surface area contributed by atoms with Crippen molar-refractivity contribution in [1.29, 1.82) is 0 Å². The number of nitrogen functional groups attached to an aromatic ring is 1. The van der Waals surface area contributed by atoms with Crippen molar-refractivity contribution in [3.05, 3.63) is 10.4 Å². The summed E-state index contributed by atoms with van der Waals surface area (Å²) in [5.41, 5.74) is 8.12. The van der Waals surface area contributed by atoms with Gasteiger partial charge < -0.3 is 20.9 Å². The quantitative estimate of drug-likeness (QED) is 0.759. The molecule has 2 rings (SSSR count). The monoisotopic (exact) mass is 310 g/mol. The maximum absolute atomic E-state index is 12.2. The second-order valence-corrected chi connectivity index (χ2v) is 7.17. The van der Waals surface area contributed by atoms with Gasteiger partial charge in [0, 0.05) is 26.2 Å². The molecule has 0 unspecified atom stereocenters. The molecule has 5 nitrogen and oxygen atoms in total. The molecule has 1 fully saturated rings. The third kappa shape index (κ3) is 3.89. The number of hydrogen-bond donors (Lipinski definition) is 2. The molecule has 1 saturated carbocycles. The second-order valence-electron chi connectivity index (χ2n) is 6.15. The lowest BCUT2D eigenvalue weighted by Gasteiger charge is -2.10. The van der Waals surface area contributed by atoms with Crippen LogP contribution in [0, 0.1) is 0 Å². The van der Waals surface area contributed by atoms with E-state index in [0.717, 1.165) is 24.5 Å². The van der Waals surface area contributed by atoms with Crippen molar-refractivity contribution in [3.63, 3.8) is 0 Å². The molecule has 0 aliphatic heterocycles. The average Bonchev–Trinajstić information content (AvgIpc) is 3.18. The highest BCUT2D eigenvalue weighted by molar-refractivity contribution is 7.18. The van der Waals surface area contributed by atoms with Crippen LogP contribution in [0.1, 0.15) is 40.4 Å². The first-order valence-corrected chi connectivity index (χ1v) is 8.25. The zero-order valence-corrected chi connectivity index (χ0v) is 14.2. The summed E-state index contributed by atoms with van der Waals surface area (Å²) < 4.78 is 0. The zero-order chi connectivity index (χ0) is 15.6. The molecule has 1 aromatic heterocycles. The van der Waals surface area contributed by atoms with Crippen LogP contribution in [-0.4, -0.2) is 57.0 Å². The van der Waals surface area contributed by atoms with E-state index in [1.807, 2.05) is 0 Å². The van der Waals surface area contributed by atoms with Gasteiger partial charge in [0.05, 0.1) is 10.7 Å². The lowest BCUT2D eigenvalue weighted by atomic mass is 10.1. The molecule has 0 bridgehead atoms. The van der Waals surface area contributed by atoms with Gasteiger partial charge in [-0.2, -0.15) is 0 Å². The number of anilines is 2. The number of amides is 1. The number of nitrogens with zero attached hydrogens (tertiary/aromatic N) is 2. The van der Waals surface area contributed by atoms with Crippen molar-refractivity contribution in [2.75, 3.05) is 52.3 Å². The fourth-order valence-corrected chi connectivity index (χ4v) is 3.58. The van der Waals surface area contributed by atoms with Crippen molar-refractivity contribution in [3.8, 4) is 0 Å². The normalized spacial score (nSPS) is 14.5. The van der Waals surface area contributed by atoms with Gasteiger partial charge in [-0.15, -0.1) is 11.3 Å². The van der Waals surface area contributed by atoms with Crippen LogP contribution in [0.5, 0.6) is 0 Å². The number of rotatable bonds is 7. The Hall–Kier alpha value is -1.27.